The van der Waals surface area contributed by atoms with E-state index in [0.29, 0.717) is 0 Å². The van der Waals surface area contributed by atoms with E-state index in [4.69, 9.17) is 4.42 Å². The molecule has 0 radical (unpaired) electrons. The first-order chi connectivity index (χ1) is 7.77. The Balaban J connectivity index is 2.25. The zero-order valence-corrected chi connectivity index (χ0v) is 10.3. The van der Waals surface area contributed by atoms with Gasteiger partial charge < -0.3 is 4.42 Å². The Morgan fingerprint density at radius 1 is 1.31 bits per heavy atom. The van der Waals surface area contributed by atoms with Crippen LogP contribution in [0.1, 0.15) is 25.0 Å². The van der Waals surface area contributed by atoms with Crippen LogP contribution in [-0.4, -0.2) is 0 Å². The molecule has 1 fully saturated rings. The van der Waals surface area contributed by atoms with E-state index in [2.05, 4.69) is 22.0 Å². The second-order valence-electron chi connectivity index (χ2n) is 4.29. The van der Waals surface area contributed by atoms with Crippen molar-refractivity contribution >= 4 is 26.9 Å². The predicted octanol–water partition coefficient (Wildman–Crippen LogP) is 4.14. The number of furan rings is 1. The molecule has 1 aliphatic carbocycles. The van der Waals surface area contributed by atoms with Crippen molar-refractivity contribution in [2.75, 3.05) is 0 Å². The highest BCUT2D eigenvalue weighted by atomic mass is 79.9. The number of hydrogen-bond donors (Lipinski definition) is 0. The van der Waals surface area contributed by atoms with Crippen LogP contribution in [0, 0.1) is 11.3 Å². The molecule has 1 saturated carbocycles. The average Bonchev–Trinajstić information content (AvgIpc) is 2.57. The molecule has 0 spiro atoms. The minimum Gasteiger partial charge on any atom is -0.458 e. The topological polar surface area (TPSA) is 36.9 Å². The van der Waals surface area contributed by atoms with Crippen molar-refractivity contribution in [1.82, 2.24) is 0 Å². The molecule has 3 rings (SSSR count). The zero-order chi connectivity index (χ0) is 11.2. The smallest absolute Gasteiger partial charge is 0.139 e. The highest BCUT2D eigenvalue weighted by Gasteiger charge is 2.44. The number of para-hydroxylation sites is 1. The number of nitrogens with zero attached hydrogens (tertiary/aromatic N) is 1. The van der Waals surface area contributed by atoms with Crippen LogP contribution >= 0.6 is 15.9 Å². The van der Waals surface area contributed by atoms with Crippen LogP contribution in [0.3, 0.4) is 0 Å². The van der Waals surface area contributed by atoms with E-state index < -0.39 is 5.41 Å². The molecule has 1 aliphatic rings. The molecule has 0 saturated heterocycles. The lowest BCUT2D eigenvalue weighted by atomic mass is 9.68. The van der Waals surface area contributed by atoms with Gasteiger partial charge in [0.2, 0.25) is 0 Å². The van der Waals surface area contributed by atoms with Gasteiger partial charge in [0.25, 0.3) is 0 Å². The van der Waals surface area contributed by atoms with E-state index in [1.807, 2.05) is 24.3 Å². The van der Waals surface area contributed by atoms with Crippen molar-refractivity contribution in [1.29, 1.82) is 5.26 Å². The Hall–Kier alpha value is -1.27. The lowest BCUT2D eigenvalue weighted by molar-refractivity contribution is 0.272. The van der Waals surface area contributed by atoms with Crippen LogP contribution in [0.2, 0.25) is 0 Å². The number of hydrogen-bond acceptors (Lipinski definition) is 2. The van der Waals surface area contributed by atoms with E-state index >= 15 is 0 Å². The Kier molecular flexibility index (Phi) is 2.08. The summed E-state index contributed by atoms with van der Waals surface area (Å²) in [7, 11) is 0. The molecule has 1 heterocycles. The van der Waals surface area contributed by atoms with Crippen LogP contribution in [-0.2, 0) is 5.41 Å². The molecule has 0 unspecified atom stereocenters. The molecule has 3 heteroatoms. The number of halogens is 1. The maximum absolute atomic E-state index is 9.31. The molecule has 2 nitrogen and oxygen atoms in total. The molecule has 0 atom stereocenters. The minimum atomic E-state index is -0.391. The summed E-state index contributed by atoms with van der Waals surface area (Å²) in [5, 5.41) is 10.4. The van der Waals surface area contributed by atoms with Crippen LogP contribution in [0.4, 0.5) is 0 Å². The summed E-state index contributed by atoms with van der Waals surface area (Å²) < 4.78 is 6.78. The minimum absolute atomic E-state index is 0.391. The van der Waals surface area contributed by atoms with E-state index in [9.17, 15) is 5.26 Å². The second kappa shape index (κ2) is 3.36. The van der Waals surface area contributed by atoms with Crippen LogP contribution < -0.4 is 0 Å². The fourth-order valence-corrected chi connectivity index (χ4v) is 3.03. The molecule has 0 aliphatic heterocycles. The monoisotopic (exact) mass is 275 g/mol. The van der Waals surface area contributed by atoms with Gasteiger partial charge in [-0.2, -0.15) is 5.26 Å². The Labute approximate surface area is 102 Å². The molecule has 0 amide bonds. The van der Waals surface area contributed by atoms with Crippen molar-refractivity contribution in [3.05, 3.63) is 34.5 Å². The Bertz CT molecular complexity index is 589. The molecule has 1 aromatic carbocycles. The van der Waals surface area contributed by atoms with E-state index in [-0.39, 0.29) is 0 Å². The van der Waals surface area contributed by atoms with Crippen LogP contribution in [0.15, 0.2) is 33.2 Å². The van der Waals surface area contributed by atoms with Gasteiger partial charge in [-0.3, -0.25) is 0 Å². The van der Waals surface area contributed by atoms with Gasteiger partial charge in [0.15, 0.2) is 0 Å². The summed E-state index contributed by atoms with van der Waals surface area (Å²) >= 11 is 3.56. The van der Waals surface area contributed by atoms with Gasteiger partial charge in [-0.15, -0.1) is 0 Å². The Morgan fingerprint density at radius 2 is 2.06 bits per heavy atom. The van der Waals surface area contributed by atoms with Crippen molar-refractivity contribution < 1.29 is 4.42 Å². The van der Waals surface area contributed by atoms with Gasteiger partial charge in [-0.25, -0.2) is 0 Å². The van der Waals surface area contributed by atoms with Gasteiger partial charge in [-0.05, 0) is 47.3 Å². The molecule has 1 aromatic heterocycles. The van der Waals surface area contributed by atoms with Gasteiger partial charge >= 0.3 is 0 Å². The summed E-state index contributed by atoms with van der Waals surface area (Å²) in [5.41, 5.74) is 0.462. The normalized spacial score (nSPS) is 18.0. The Morgan fingerprint density at radius 3 is 2.62 bits per heavy atom. The number of nitriles is 1. The molecule has 0 bridgehead atoms. The number of benzene rings is 1. The molecule has 16 heavy (non-hydrogen) atoms. The average molecular weight is 276 g/mol. The van der Waals surface area contributed by atoms with Gasteiger partial charge in [0, 0.05) is 5.39 Å². The number of rotatable bonds is 1. The van der Waals surface area contributed by atoms with Crippen molar-refractivity contribution in [2.45, 2.75) is 24.7 Å². The molecule has 2 aromatic rings. The fraction of sp³-hybridized carbons (Fsp3) is 0.308. The van der Waals surface area contributed by atoms with Gasteiger partial charge in [0.05, 0.1) is 10.5 Å². The SMILES string of the molecule is N#CC1(c2oc3ccccc3c2Br)CCC1. The summed E-state index contributed by atoms with van der Waals surface area (Å²) in [6, 6.07) is 10.3. The highest BCUT2D eigenvalue weighted by Crippen LogP contribution is 2.48. The zero-order valence-electron chi connectivity index (χ0n) is 8.66. The van der Waals surface area contributed by atoms with E-state index in [1.165, 1.54) is 0 Å². The van der Waals surface area contributed by atoms with E-state index in [0.717, 1.165) is 40.5 Å². The van der Waals surface area contributed by atoms with Crippen molar-refractivity contribution in [3.8, 4) is 6.07 Å². The lowest BCUT2D eigenvalue weighted by Gasteiger charge is -2.33. The second-order valence-corrected chi connectivity index (χ2v) is 5.08. The van der Waals surface area contributed by atoms with Gasteiger partial charge in [-0.1, -0.05) is 12.1 Å². The maximum atomic E-state index is 9.31. The van der Waals surface area contributed by atoms with Crippen molar-refractivity contribution in [2.24, 2.45) is 0 Å². The molecular formula is C13H10BrNO. The number of fused-ring (bicyclic) bond motifs is 1. The first kappa shape index (κ1) is 9.92. The third-order valence-electron chi connectivity index (χ3n) is 3.39. The summed E-state index contributed by atoms with van der Waals surface area (Å²) in [6.45, 7) is 0. The molecule has 0 N–H and O–H groups in total. The quantitative estimate of drug-likeness (QED) is 0.784. The molecular weight excluding hydrogens is 266 g/mol. The summed E-state index contributed by atoms with van der Waals surface area (Å²) in [4.78, 5) is 0. The first-order valence-electron chi connectivity index (χ1n) is 5.36. The third-order valence-corrected chi connectivity index (χ3v) is 4.18. The van der Waals surface area contributed by atoms with Crippen LogP contribution in [0.5, 0.6) is 0 Å². The lowest BCUT2D eigenvalue weighted by Crippen LogP contribution is -2.32. The largest absolute Gasteiger partial charge is 0.458 e. The van der Waals surface area contributed by atoms with Crippen molar-refractivity contribution in [3.63, 3.8) is 0 Å². The fourth-order valence-electron chi connectivity index (χ4n) is 2.24. The first-order valence-corrected chi connectivity index (χ1v) is 6.15. The molecule has 80 valence electrons. The predicted molar refractivity (Wildman–Crippen MR) is 65.1 cm³/mol. The van der Waals surface area contributed by atoms with Crippen LogP contribution in [0.25, 0.3) is 11.0 Å². The third kappa shape index (κ3) is 1.17. The van der Waals surface area contributed by atoms with E-state index in [1.54, 1.807) is 0 Å². The summed E-state index contributed by atoms with van der Waals surface area (Å²) in [6.07, 6.45) is 2.92. The standard InChI is InChI=1S/C13H10BrNO/c14-11-9-4-1-2-5-10(9)16-12(11)13(8-15)6-3-7-13/h1-2,4-5H,3,6-7H2. The highest BCUT2D eigenvalue weighted by molar-refractivity contribution is 9.10. The summed E-state index contributed by atoms with van der Waals surface area (Å²) in [5.74, 6) is 0.808. The van der Waals surface area contributed by atoms with Gasteiger partial charge in [0.1, 0.15) is 16.8 Å². The maximum Gasteiger partial charge on any atom is 0.139 e.